The lowest BCUT2D eigenvalue weighted by molar-refractivity contribution is -0.117. The Morgan fingerprint density at radius 3 is 2.39 bits per heavy atom. The van der Waals surface area contributed by atoms with E-state index in [0.717, 1.165) is 17.0 Å². The maximum Gasteiger partial charge on any atom is 0.241 e. The Morgan fingerprint density at radius 1 is 1.11 bits per heavy atom. The molecular formula is C19H22ClN5O3. The van der Waals surface area contributed by atoms with Gasteiger partial charge in [-0.3, -0.25) is 9.36 Å². The van der Waals surface area contributed by atoms with Crippen molar-refractivity contribution >= 4 is 24.0 Å². The molecule has 0 saturated carbocycles. The van der Waals surface area contributed by atoms with Crippen molar-refractivity contribution in [3.63, 3.8) is 0 Å². The molecule has 8 nitrogen and oxygen atoms in total. The van der Waals surface area contributed by atoms with E-state index in [2.05, 4.69) is 15.5 Å². The van der Waals surface area contributed by atoms with Gasteiger partial charge < -0.3 is 20.5 Å². The average Bonchev–Trinajstić information content (AvgIpc) is 3.23. The van der Waals surface area contributed by atoms with Crippen LogP contribution in [0.1, 0.15) is 5.56 Å². The second-order valence-corrected chi connectivity index (χ2v) is 5.90. The van der Waals surface area contributed by atoms with Gasteiger partial charge in [-0.15, -0.1) is 22.6 Å². The van der Waals surface area contributed by atoms with E-state index in [0.29, 0.717) is 17.9 Å². The minimum atomic E-state index is -0.707. The molecule has 0 aliphatic heterocycles. The van der Waals surface area contributed by atoms with Crippen LogP contribution in [-0.2, 0) is 11.2 Å². The first kappa shape index (κ1) is 21.2. The number of carbonyl (C=O) groups excluding carboxylic acids is 1. The number of anilines is 1. The van der Waals surface area contributed by atoms with Gasteiger partial charge >= 0.3 is 0 Å². The van der Waals surface area contributed by atoms with E-state index in [9.17, 15) is 4.79 Å². The Kier molecular flexibility index (Phi) is 7.36. The number of nitrogens with two attached hydrogens (primary N) is 1. The summed E-state index contributed by atoms with van der Waals surface area (Å²) in [5, 5.41) is 10.4. The average molecular weight is 404 g/mol. The van der Waals surface area contributed by atoms with Crippen LogP contribution in [-0.4, -0.2) is 40.9 Å². The smallest absolute Gasteiger partial charge is 0.241 e. The summed E-state index contributed by atoms with van der Waals surface area (Å²) in [6.45, 7) is 0. The lowest BCUT2D eigenvalue weighted by Crippen LogP contribution is -2.37. The third-order valence-electron chi connectivity index (χ3n) is 4.11. The molecule has 3 rings (SSSR count). The Bertz CT molecular complexity index is 900. The van der Waals surface area contributed by atoms with Gasteiger partial charge in [-0.25, -0.2) is 0 Å². The predicted octanol–water partition coefficient (Wildman–Crippen LogP) is 2.21. The number of methoxy groups -OCH3 is 2. The summed E-state index contributed by atoms with van der Waals surface area (Å²) >= 11 is 0. The minimum Gasteiger partial charge on any atom is -0.497 e. The molecule has 0 aliphatic carbocycles. The van der Waals surface area contributed by atoms with Crippen molar-refractivity contribution in [2.24, 2.45) is 5.73 Å². The molecule has 0 bridgehead atoms. The zero-order chi connectivity index (χ0) is 19.2. The second-order valence-electron chi connectivity index (χ2n) is 5.90. The maximum absolute atomic E-state index is 12.6. The van der Waals surface area contributed by atoms with Gasteiger partial charge in [0.05, 0.1) is 31.6 Å². The first-order valence-electron chi connectivity index (χ1n) is 8.33. The van der Waals surface area contributed by atoms with E-state index >= 15 is 0 Å². The van der Waals surface area contributed by atoms with Crippen LogP contribution in [0.4, 0.5) is 5.69 Å². The number of hydrogen-bond acceptors (Lipinski definition) is 6. The largest absolute Gasteiger partial charge is 0.497 e. The summed E-state index contributed by atoms with van der Waals surface area (Å²) in [4.78, 5) is 12.6. The number of benzene rings is 2. The van der Waals surface area contributed by atoms with Crippen molar-refractivity contribution in [2.75, 3.05) is 19.5 Å². The van der Waals surface area contributed by atoms with Crippen molar-refractivity contribution < 1.29 is 14.3 Å². The molecule has 1 amide bonds. The highest BCUT2D eigenvalue weighted by Gasteiger charge is 2.17. The van der Waals surface area contributed by atoms with Gasteiger partial charge in [0.2, 0.25) is 5.91 Å². The third kappa shape index (κ3) is 4.99. The number of halogens is 1. The van der Waals surface area contributed by atoms with Crippen LogP contribution in [0.2, 0.25) is 0 Å². The Hall–Kier alpha value is -3.10. The Labute approximate surface area is 169 Å². The highest BCUT2D eigenvalue weighted by Crippen LogP contribution is 2.27. The summed E-state index contributed by atoms with van der Waals surface area (Å²) in [5.41, 5.74) is 8.35. The number of carbonyl (C=O) groups is 1. The van der Waals surface area contributed by atoms with Gasteiger partial charge in [-0.1, -0.05) is 12.1 Å². The van der Waals surface area contributed by atoms with Crippen LogP contribution >= 0.6 is 12.4 Å². The zero-order valence-electron chi connectivity index (χ0n) is 15.5. The van der Waals surface area contributed by atoms with E-state index in [4.69, 9.17) is 15.2 Å². The van der Waals surface area contributed by atoms with Crippen molar-refractivity contribution in [3.8, 4) is 17.2 Å². The molecule has 0 unspecified atom stereocenters. The van der Waals surface area contributed by atoms with Crippen LogP contribution in [0.25, 0.3) is 5.69 Å². The van der Waals surface area contributed by atoms with Crippen molar-refractivity contribution in [2.45, 2.75) is 12.5 Å². The van der Waals surface area contributed by atoms with E-state index in [-0.39, 0.29) is 18.3 Å². The number of ether oxygens (including phenoxy) is 2. The van der Waals surface area contributed by atoms with E-state index in [1.54, 1.807) is 43.6 Å². The maximum atomic E-state index is 12.6. The molecule has 0 aliphatic rings. The van der Waals surface area contributed by atoms with Crippen LogP contribution in [0.3, 0.4) is 0 Å². The molecule has 0 saturated heterocycles. The number of nitrogens with one attached hydrogen (secondary N) is 1. The molecule has 0 fully saturated rings. The lowest BCUT2D eigenvalue weighted by Gasteiger charge is -2.16. The fourth-order valence-corrected chi connectivity index (χ4v) is 2.62. The van der Waals surface area contributed by atoms with Crippen LogP contribution in [0.5, 0.6) is 11.5 Å². The Balaban J connectivity index is 0.00000280. The number of amides is 1. The molecule has 0 spiro atoms. The van der Waals surface area contributed by atoms with Gasteiger partial charge in [0, 0.05) is 0 Å². The molecule has 1 atom stereocenters. The summed E-state index contributed by atoms with van der Waals surface area (Å²) < 4.78 is 12.2. The first-order chi connectivity index (χ1) is 13.1. The van der Waals surface area contributed by atoms with Gasteiger partial charge in [-0.05, 0) is 42.3 Å². The predicted molar refractivity (Wildman–Crippen MR) is 108 cm³/mol. The molecule has 1 aromatic heterocycles. The molecule has 3 N–H and O–H groups in total. The van der Waals surface area contributed by atoms with Crippen LogP contribution in [0, 0.1) is 0 Å². The van der Waals surface area contributed by atoms with E-state index in [1.807, 2.05) is 30.3 Å². The number of hydrogen-bond donors (Lipinski definition) is 2. The van der Waals surface area contributed by atoms with Gasteiger partial charge in [0.25, 0.3) is 0 Å². The third-order valence-corrected chi connectivity index (χ3v) is 4.11. The molecule has 3 aromatic rings. The molecule has 1 heterocycles. The van der Waals surface area contributed by atoms with Crippen LogP contribution in [0.15, 0.2) is 55.1 Å². The number of nitrogens with zero attached hydrogens (tertiary/aromatic N) is 3. The standard InChI is InChI=1S/C19H21N5O3.ClH/c1-26-15-6-3-13(4-7-15)9-16(20)19(25)23-17-10-14(5-8-18(17)27-2)24-11-21-22-12-24;/h3-8,10-12,16H,9,20H2,1-2H3,(H,23,25);1H/t16-;/m0./s1. The molecule has 2 aromatic carbocycles. The number of rotatable bonds is 7. The molecule has 9 heteroatoms. The fraction of sp³-hybridized carbons (Fsp3) is 0.211. The quantitative estimate of drug-likeness (QED) is 0.626. The van der Waals surface area contributed by atoms with Crippen LogP contribution < -0.4 is 20.5 Å². The van der Waals surface area contributed by atoms with Crippen molar-refractivity contribution in [1.82, 2.24) is 14.8 Å². The molecule has 0 radical (unpaired) electrons. The van der Waals surface area contributed by atoms with Crippen molar-refractivity contribution in [1.29, 1.82) is 0 Å². The topological polar surface area (TPSA) is 104 Å². The molecule has 148 valence electrons. The summed E-state index contributed by atoms with van der Waals surface area (Å²) in [5.74, 6) is 0.995. The highest BCUT2D eigenvalue weighted by atomic mass is 35.5. The Morgan fingerprint density at radius 2 is 1.79 bits per heavy atom. The summed E-state index contributed by atoms with van der Waals surface area (Å²) in [6.07, 6.45) is 3.55. The van der Waals surface area contributed by atoms with Gasteiger partial charge in [0.15, 0.2) is 0 Å². The summed E-state index contributed by atoms with van der Waals surface area (Å²) in [6, 6.07) is 12.1. The molecular weight excluding hydrogens is 382 g/mol. The minimum absolute atomic E-state index is 0. The first-order valence-corrected chi connectivity index (χ1v) is 8.33. The summed E-state index contributed by atoms with van der Waals surface area (Å²) in [7, 11) is 3.15. The highest BCUT2D eigenvalue weighted by molar-refractivity contribution is 5.96. The monoisotopic (exact) mass is 403 g/mol. The van der Waals surface area contributed by atoms with Gasteiger partial charge in [0.1, 0.15) is 24.2 Å². The second kappa shape index (κ2) is 9.72. The van der Waals surface area contributed by atoms with Gasteiger partial charge in [-0.2, -0.15) is 0 Å². The lowest BCUT2D eigenvalue weighted by atomic mass is 10.1. The van der Waals surface area contributed by atoms with E-state index in [1.165, 1.54) is 0 Å². The normalized spacial score (nSPS) is 11.2. The fourth-order valence-electron chi connectivity index (χ4n) is 2.62. The zero-order valence-corrected chi connectivity index (χ0v) is 16.3. The molecule has 28 heavy (non-hydrogen) atoms. The SMILES string of the molecule is COc1ccc(C[C@H](N)C(=O)Nc2cc(-n3cnnc3)ccc2OC)cc1.Cl. The van der Waals surface area contributed by atoms with E-state index < -0.39 is 6.04 Å². The van der Waals surface area contributed by atoms with Crippen molar-refractivity contribution in [3.05, 3.63) is 60.7 Å². The number of aromatic nitrogens is 3.